The fraction of sp³-hybridized carbons (Fsp3) is 0.300. The van der Waals surface area contributed by atoms with Gasteiger partial charge in [0.2, 0.25) is 5.78 Å². The molecule has 0 saturated heterocycles. The van der Waals surface area contributed by atoms with E-state index in [9.17, 15) is 9.59 Å². The first-order valence-corrected chi connectivity index (χ1v) is 13.6. The number of rotatable bonds is 10. The molecule has 0 atom stereocenters. The summed E-state index contributed by atoms with van der Waals surface area (Å²) in [5, 5.41) is 8.52. The molecule has 0 saturated carbocycles. The van der Waals surface area contributed by atoms with Crippen molar-refractivity contribution in [3.8, 4) is 22.5 Å². The molecule has 0 aliphatic rings. The molecule has 0 aliphatic carbocycles. The van der Waals surface area contributed by atoms with E-state index < -0.39 is 5.76 Å². The summed E-state index contributed by atoms with van der Waals surface area (Å²) in [6.45, 7) is 10.0. The molecule has 5 rings (SSSR count). The van der Waals surface area contributed by atoms with Crippen LogP contribution in [-0.4, -0.2) is 35.9 Å². The van der Waals surface area contributed by atoms with Crippen LogP contribution in [0, 0.1) is 6.92 Å². The Morgan fingerprint density at radius 1 is 1.05 bits per heavy atom. The van der Waals surface area contributed by atoms with Crippen LogP contribution >= 0.6 is 0 Å². The maximum Gasteiger partial charge on any atom is 0.439 e. The van der Waals surface area contributed by atoms with E-state index in [0.717, 1.165) is 34.4 Å². The van der Waals surface area contributed by atoms with Gasteiger partial charge in [-0.2, -0.15) is 10.1 Å². The molecule has 11 heteroatoms. The van der Waals surface area contributed by atoms with Crippen molar-refractivity contribution >= 4 is 11.5 Å². The quantitative estimate of drug-likeness (QED) is 0.241. The van der Waals surface area contributed by atoms with E-state index >= 15 is 0 Å². The van der Waals surface area contributed by atoms with E-state index in [1.807, 2.05) is 76.2 Å². The topological polar surface area (TPSA) is 132 Å². The lowest BCUT2D eigenvalue weighted by Crippen LogP contribution is -2.30. The van der Waals surface area contributed by atoms with Gasteiger partial charge in [0.05, 0.1) is 18.0 Å². The Kier molecular flexibility index (Phi) is 7.97. The van der Waals surface area contributed by atoms with Crippen LogP contribution in [0.25, 0.3) is 34.0 Å². The molecular weight excluding hydrogens is 522 g/mol. The first kappa shape index (κ1) is 27.8. The van der Waals surface area contributed by atoms with Gasteiger partial charge in [-0.25, -0.2) is 13.9 Å². The summed E-state index contributed by atoms with van der Waals surface area (Å²) in [4.78, 5) is 38.3. The van der Waals surface area contributed by atoms with Crippen LogP contribution in [0.1, 0.15) is 56.8 Å². The zero-order valence-corrected chi connectivity index (χ0v) is 23.8. The lowest BCUT2D eigenvalue weighted by molar-refractivity contribution is 0.0738. The number of aromatic amines is 1. The molecule has 0 unspecified atom stereocenters. The Morgan fingerprint density at radius 3 is 2.44 bits per heavy atom. The summed E-state index contributed by atoms with van der Waals surface area (Å²) in [5.74, 6) is 0.834. The molecule has 2 N–H and O–H groups in total. The number of nitrogens with one attached hydrogen (secondary N) is 2. The van der Waals surface area contributed by atoms with Gasteiger partial charge in [-0.1, -0.05) is 67.0 Å². The van der Waals surface area contributed by atoms with Crippen molar-refractivity contribution in [2.45, 2.75) is 53.9 Å². The van der Waals surface area contributed by atoms with E-state index in [-0.39, 0.29) is 5.56 Å². The minimum Gasteiger partial charge on any atom is -0.296 e. The number of aryl methyl sites for hydroxylation is 2. The van der Waals surface area contributed by atoms with Crippen molar-refractivity contribution in [3.63, 3.8) is 0 Å². The van der Waals surface area contributed by atoms with Crippen LogP contribution in [-0.2, 0) is 17.7 Å². The molecule has 41 heavy (non-hydrogen) atoms. The third kappa shape index (κ3) is 5.48. The van der Waals surface area contributed by atoms with Gasteiger partial charge in [0, 0.05) is 23.2 Å². The Bertz CT molecular complexity index is 1840. The summed E-state index contributed by atoms with van der Waals surface area (Å²) >= 11 is 0. The monoisotopic (exact) mass is 555 g/mol. The van der Waals surface area contributed by atoms with Crippen LogP contribution in [0.15, 0.2) is 68.3 Å². The van der Waals surface area contributed by atoms with Crippen molar-refractivity contribution in [3.05, 3.63) is 97.8 Å². The van der Waals surface area contributed by atoms with Gasteiger partial charge >= 0.3 is 5.76 Å². The Hall–Kier alpha value is -4.77. The van der Waals surface area contributed by atoms with Gasteiger partial charge in [0.25, 0.3) is 5.56 Å². The van der Waals surface area contributed by atoms with Gasteiger partial charge in [0.1, 0.15) is 5.82 Å². The van der Waals surface area contributed by atoms with Gasteiger partial charge in [-0.05, 0) is 50.8 Å². The highest BCUT2D eigenvalue weighted by atomic mass is 16.6. The van der Waals surface area contributed by atoms with Crippen molar-refractivity contribution in [1.82, 2.24) is 34.8 Å². The average molecular weight is 556 g/mol. The molecule has 0 amide bonds. The maximum absolute atomic E-state index is 14.1. The summed E-state index contributed by atoms with van der Waals surface area (Å²) in [5.41, 5.74) is 9.27. The van der Waals surface area contributed by atoms with Crippen molar-refractivity contribution in [1.29, 1.82) is 0 Å². The zero-order valence-electron chi connectivity index (χ0n) is 23.8. The van der Waals surface area contributed by atoms with E-state index in [2.05, 4.69) is 32.6 Å². The minimum absolute atomic E-state index is 0.132. The molecule has 212 valence electrons. The van der Waals surface area contributed by atoms with E-state index in [0.29, 0.717) is 53.8 Å². The van der Waals surface area contributed by atoms with Gasteiger partial charge in [-0.15, -0.1) is 0 Å². The summed E-state index contributed by atoms with van der Waals surface area (Å²) in [6.07, 6.45) is 1.96. The first-order chi connectivity index (χ1) is 19.8. The molecule has 0 bridgehead atoms. The molecule has 0 spiro atoms. The van der Waals surface area contributed by atoms with E-state index in [4.69, 9.17) is 9.36 Å². The van der Waals surface area contributed by atoms with Crippen LogP contribution in [0.2, 0.25) is 0 Å². The lowest BCUT2D eigenvalue weighted by atomic mass is 9.96. The second-order valence-corrected chi connectivity index (χ2v) is 9.80. The maximum atomic E-state index is 14.1. The van der Waals surface area contributed by atoms with E-state index in [1.165, 1.54) is 0 Å². The van der Waals surface area contributed by atoms with Crippen LogP contribution in [0.5, 0.6) is 0 Å². The van der Waals surface area contributed by atoms with Crippen molar-refractivity contribution in [2.24, 2.45) is 0 Å². The normalized spacial score (nSPS) is 12.1. The highest BCUT2D eigenvalue weighted by Crippen LogP contribution is 2.30. The Labute approximate surface area is 236 Å². The Morgan fingerprint density at radius 2 is 1.78 bits per heavy atom. The third-order valence-electron chi connectivity index (χ3n) is 6.96. The van der Waals surface area contributed by atoms with Gasteiger partial charge in [0.15, 0.2) is 5.82 Å². The number of benzene rings is 2. The second-order valence-electron chi connectivity index (χ2n) is 9.80. The summed E-state index contributed by atoms with van der Waals surface area (Å²) in [7, 11) is 0. The van der Waals surface area contributed by atoms with Gasteiger partial charge in [-0.3, -0.25) is 24.6 Å². The molecule has 0 radical (unpaired) electrons. The molecule has 11 nitrogen and oxygen atoms in total. The highest BCUT2D eigenvalue weighted by molar-refractivity contribution is 5.80. The van der Waals surface area contributed by atoms with Crippen LogP contribution in [0.4, 0.5) is 0 Å². The zero-order chi connectivity index (χ0) is 29.1. The number of nitrogens with zero attached hydrogens (tertiary/aromatic N) is 5. The number of hydrogen-bond donors (Lipinski definition) is 2. The first-order valence-electron chi connectivity index (χ1n) is 13.6. The molecule has 5 aromatic rings. The number of fused-ring (bicyclic) bond motifs is 1. The average Bonchev–Trinajstić information content (AvgIpc) is 3.58. The standard InChI is InChI=1S/C30H33N7O4/c1-6-10-26-25(28(38)36(19(4)18(3)34-40-7-2)29-31-20(5)33-37(26)29)17-21-13-15-22(16-14-21)23-11-8-9-12-24(23)27-32-30(39)41-35-27/h8-9,11-16,34H,6-7,10,17H2,1-5H3,(H,32,35,39). The molecule has 0 fully saturated rings. The predicted octanol–water partition coefficient (Wildman–Crippen LogP) is 4.50. The largest absolute Gasteiger partial charge is 0.439 e. The van der Waals surface area contributed by atoms with E-state index in [1.54, 1.807) is 9.08 Å². The van der Waals surface area contributed by atoms with Crippen molar-refractivity contribution < 1.29 is 9.36 Å². The number of hydrogen-bond acceptors (Lipinski definition) is 8. The number of aromatic nitrogens is 6. The third-order valence-corrected chi connectivity index (χ3v) is 6.96. The molecule has 3 heterocycles. The fourth-order valence-electron chi connectivity index (χ4n) is 4.90. The number of H-pyrrole nitrogens is 1. The van der Waals surface area contributed by atoms with Crippen LogP contribution in [0.3, 0.4) is 0 Å². The Balaban J connectivity index is 1.59. The summed E-state index contributed by atoms with van der Waals surface area (Å²) < 4.78 is 8.12. The highest BCUT2D eigenvalue weighted by Gasteiger charge is 2.21. The van der Waals surface area contributed by atoms with Gasteiger partial charge < -0.3 is 0 Å². The lowest BCUT2D eigenvalue weighted by Gasteiger charge is -2.17. The summed E-state index contributed by atoms with van der Waals surface area (Å²) in [6, 6.07) is 15.7. The molecule has 3 aromatic heterocycles. The van der Waals surface area contributed by atoms with Crippen molar-refractivity contribution in [2.75, 3.05) is 6.61 Å². The predicted molar refractivity (Wildman–Crippen MR) is 156 cm³/mol. The minimum atomic E-state index is -0.604. The van der Waals surface area contributed by atoms with Crippen LogP contribution < -0.4 is 16.8 Å². The molecular formula is C30H33N7O4. The number of allylic oxidation sites excluding steroid dienone is 2. The smallest absolute Gasteiger partial charge is 0.296 e. The fourth-order valence-corrected chi connectivity index (χ4v) is 4.90. The second kappa shape index (κ2) is 11.8. The SMILES string of the molecule is CCCc1c(Cc2ccc(-c3ccccc3-c3noc(=O)[nH]3)cc2)c(=O)n(C(C)=C(C)NOCC)c2nc(C)nn12. The molecule has 0 aliphatic heterocycles. The molecule has 2 aromatic carbocycles. The number of hydroxylamine groups is 1.